The highest BCUT2D eigenvalue weighted by Gasteiger charge is 2.24. The lowest BCUT2D eigenvalue weighted by molar-refractivity contribution is 0.400. The number of imidazole rings is 1. The van der Waals surface area contributed by atoms with Crippen LogP contribution in [0.25, 0.3) is 11.2 Å². The zero-order chi connectivity index (χ0) is 15.9. The van der Waals surface area contributed by atoms with Crippen LogP contribution in [0.5, 0.6) is 0 Å². The summed E-state index contributed by atoms with van der Waals surface area (Å²) in [6.45, 7) is 0. The molecule has 0 bridgehead atoms. The maximum Gasteiger partial charge on any atom is 0.136 e. The van der Waals surface area contributed by atoms with E-state index < -0.39 is 0 Å². The summed E-state index contributed by atoms with van der Waals surface area (Å²) in [5, 5.41) is 0. The Morgan fingerprint density at radius 1 is 1.08 bits per heavy atom. The first-order valence-electron chi connectivity index (χ1n) is 8.88. The Morgan fingerprint density at radius 2 is 2.04 bits per heavy atom. The van der Waals surface area contributed by atoms with E-state index in [1.165, 1.54) is 41.7 Å². The van der Waals surface area contributed by atoms with Gasteiger partial charge in [-0.25, -0.2) is 15.0 Å². The van der Waals surface area contributed by atoms with Crippen molar-refractivity contribution in [3.8, 4) is 0 Å². The Balaban J connectivity index is 1.60. The van der Waals surface area contributed by atoms with Gasteiger partial charge in [-0.1, -0.05) is 12.5 Å². The molecule has 1 saturated carbocycles. The van der Waals surface area contributed by atoms with Gasteiger partial charge in [-0.15, -0.1) is 0 Å². The number of rotatable bonds is 2. The van der Waals surface area contributed by atoms with Crippen LogP contribution in [0.1, 0.15) is 60.7 Å². The molecule has 2 aliphatic carbocycles. The van der Waals surface area contributed by atoms with E-state index in [-0.39, 0.29) is 0 Å². The number of nitrogens with zero attached hydrogens (tertiary/aromatic N) is 4. The highest BCUT2D eigenvalue weighted by molar-refractivity contribution is 5.81. The molecule has 0 aliphatic heterocycles. The minimum absolute atomic E-state index is 0.591. The first-order valence-corrected chi connectivity index (χ1v) is 8.88. The predicted molar refractivity (Wildman–Crippen MR) is 93.8 cm³/mol. The molecule has 0 atom stereocenters. The summed E-state index contributed by atoms with van der Waals surface area (Å²) in [5.74, 6) is 1.65. The molecule has 0 amide bonds. The fraction of sp³-hybridized carbons (Fsp3) is 0.350. The highest BCUT2D eigenvalue weighted by atomic mass is 15.0. The van der Waals surface area contributed by atoms with Gasteiger partial charge >= 0.3 is 0 Å². The van der Waals surface area contributed by atoms with Crippen LogP contribution in [0, 0.1) is 0 Å². The summed E-state index contributed by atoms with van der Waals surface area (Å²) in [5.41, 5.74) is 5.88. The van der Waals surface area contributed by atoms with Crippen molar-refractivity contribution in [2.45, 2.75) is 44.4 Å². The van der Waals surface area contributed by atoms with E-state index in [4.69, 9.17) is 9.97 Å². The van der Waals surface area contributed by atoms with Gasteiger partial charge in [0.05, 0.1) is 5.69 Å². The summed E-state index contributed by atoms with van der Waals surface area (Å²) in [7, 11) is 0. The number of hydrogen-bond donors (Lipinski definition) is 0. The molecule has 3 heterocycles. The topological polar surface area (TPSA) is 43.1 Å². The third-order valence-corrected chi connectivity index (χ3v) is 5.31. The van der Waals surface area contributed by atoms with Crippen molar-refractivity contribution in [1.82, 2.24) is 19.4 Å². The van der Waals surface area contributed by atoms with Gasteiger partial charge in [0.15, 0.2) is 0 Å². The average Bonchev–Trinajstić information content (AvgIpc) is 2.92. The molecule has 2 aliphatic rings. The van der Waals surface area contributed by atoms with E-state index in [0.717, 1.165) is 30.7 Å². The molecule has 3 aromatic rings. The second-order valence-electron chi connectivity index (χ2n) is 6.84. The third-order valence-electron chi connectivity index (χ3n) is 5.31. The predicted octanol–water partition coefficient (Wildman–Crippen LogP) is 4.16. The Labute approximate surface area is 141 Å². The quantitative estimate of drug-likeness (QED) is 0.713. The molecular formula is C20H20N4. The summed E-state index contributed by atoms with van der Waals surface area (Å²) in [6.07, 6.45) is 17.5. The first kappa shape index (κ1) is 13.9. The maximum atomic E-state index is 4.95. The number of hydrogen-bond acceptors (Lipinski definition) is 3. The molecule has 0 radical (unpaired) electrons. The lowest BCUT2D eigenvalue weighted by Gasteiger charge is -2.24. The van der Waals surface area contributed by atoms with Crippen LogP contribution in [0.3, 0.4) is 0 Å². The molecule has 0 spiro atoms. The fourth-order valence-corrected chi connectivity index (χ4v) is 3.69. The summed E-state index contributed by atoms with van der Waals surface area (Å²) in [6, 6.07) is 4.23. The molecule has 0 N–H and O–H groups in total. The van der Waals surface area contributed by atoms with E-state index in [0.29, 0.717) is 5.92 Å². The van der Waals surface area contributed by atoms with Gasteiger partial charge in [0.25, 0.3) is 0 Å². The molecule has 4 heteroatoms. The number of aryl methyl sites for hydroxylation is 1. The van der Waals surface area contributed by atoms with Crippen molar-refractivity contribution in [3.05, 3.63) is 65.6 Å². The first-order chi connectivity index (χ1) is 11.9. The largest absolute Gasteiger partial charge is 0.306 e. The number of fused-ring (bicyclic) bond motifs is 2. The minimum Gasteiger partial charge on any atom is -0.306 e. The van der Waals surface area contributed by atoms with Crippen LogP contribution in [0.2, 0.25) is 0 Å². The van der Waals surface area contributed by atoms with Crippen LogP contribution in [0.4, 0.5) is 0 Å². The Bertz CT molecular complexity index is 934. The Hall–Kier alpha value is -2.49. The van der Waals surface area contributed by atoms with Crippen molar-refractivity contribution >= 4 is 11.2 Å². The number of allylic oxidation sites excluding steroid dienone is 1. The molecule has 0 unspecified atom stereocenters. The zero-order valence-electron chi connectivity index (χ0n) is 13.7. The molecule has 120 valence electrons. The highest BCUT2D eigenvalue weighted by Crippen LogP contribution is 2.36. The summed E-state index contributed by atoms with van der Waals surface area (Å²) in [4.78, 5) is 14.0. The second-order valence-corrected chi connectivity index (χ2v) is 6.84. The lowest BCUT2D eigenvalue weighted by Crippen LogP contribution is -2.14. The van der Waals surface area contributed by atoms with Gasteiger partial charge in [0.2, 0.25) is 0 Å². The van der Waals surface area contributed by atoms with Gasteiger partial charge in [-0.2, -0.15) is 0 Å². The molecule has 0 saturated heterocycles. The van der Waals surface area contributed by atoms with Crippen molar-refractivity contribution < 1.29 is 0 Å². The van der Waals surface area contributed by atoms with Gasteiger partial charge in [0, 0.05) is 36.3 Å². The minimum atomic E-state index is 0.591. The normalized spacial score (nSPS) is 17.9. The van der Waals surface area contributed by atoms with Crippen molar-refractivity contribution in [3.63, 3.8) is 0 Å². The van der Waals surface area contributed by atoms with Crippen LogP contribution in [-0.4, -0.2) is 19.4 Å². The van der Waals surface area contributed by atoms with Crippen LogP contribution >= 0.6 is 0 Å². The lowest BCUT2D eigenvalue weighted by atomic mass is 9.84. The fourth-order valence-electron chi connectivity index (χ4n) is 3.69. The van der Waals surface area contributed by atoms with Crippen LogP contribution in [-0.2, 0) is 6.42 Å². The van der Waals surface area contributed by atoms with E-state index >= 15 is 0 Å². The zero-order valence-corrected chi connectivity index (χ0v) is 13.7. The van der Waals surface area contributed by atoms with Crippen molar-refractivity contribution in [1.29, 1.82) is 0 Å². The SMILES string of the molecule is C1=C(c2ccc3nccn3c2)c2cnc(C3CCC3)nc2CCC1. The smallest absolute Gasteiger partial charge is 0.136 e. The standard InChI is InChI=1S/C20H20N4/c1-2-7-18-17(12-22-20(23-18)14-4-3-5-14)16(6-1)15-8-9-19-21-10-11-24(19)13-15/h6,8-14H,1-5,7H2. The molecule has 3 aromatic heterocycles. The number of aromatic nitrogens is 4. The second kappa shape index (κ2) is 5.55. The average molecular weight is 316 g/mol. The van der Waals surface area contributed by atoms with Gasteiger partial charge in [-0.3, -0.25) is 0 Å². The number of pyridine rings is 1. The molecule has 5 rings (SSSR count). The van der Waals surface area contributed by atoms with Crippen molar-refractivity contribution in [2.24, 2.45) is 0 Å². The van der Waals surface area contributed by atoms with E-state index in [9.17, 15) is 0 Å². The summed E-state index contributed by atoms with van der Waals surface area (Å²) < 4.78 is 2.07. The molecule has 0 aromatic carbocycles. The van der Waals surface area contributed by atoms with Crippen LogP contribution < -0.4 is 0 Å². The van der Waals surface area contributed by atoms with Gasteiger partial charge < -0.3 is 4.40 Å². The van der Waals surface area contributed by atoms with Crippen LogP contribution in [0.15, 0.2) is 43.0 Å². The maximum absolute atomic E-state index is 4.95. The molecule has 4 nitrogen and oxygen atoms in total. The van der Waals surface area contributed by atoms with E-state index in [1.807, 2.05) is 12.4 Å². The molecule has 24 heavy (non-hydrogen) atoms. The monoisotopic (exact) mass is 316 g/mol. The molecular weight excluding hydrogens is 296 g/mol. The Kier molecular flexibility index (Phi) is 3.21. The van der Waals surface area contributed by atoms with E-state index in [2.05, 4.69) is 40.0 Å². The van der Waals surface area contributed by atoms with E-state index in [1.54, 1.807) is 0 Å². The van der Waals surface area contributed by atoms with Gasteiger partial charge in [0.1, 0.15) is 11.5 Å². The van der Waals surface area contributed by atoms with Gasteiger partial charge in [-0.05, 0) is 55.4 Å². The van der Waals surface area contributed by atoms with Crippen molar-refractivity contribution in [2.75, 3.05) is 0 Å². The molecule has 1 fully saturated rings. The Morgan fingerprint density at radius 3 is 2.92 bits per heavy atom. The summed E-state index contributed by atoms with van der Waals surface area (Å²) >= 11 is 0. The third kappa shape index (κ3) is 2.25.